The van der Waals surface area contributed by atoms with Crippen LogP contribution in [-0.4, -0.2) is 97.4 Å². The summed E-state index contributed by atoms with van der Waals surface area (Å²) in [7, 11) is 18.0. The molecule has 0 saturated heterocycles. The third-order valence-corrected chi connectivity index (χ3v) is 8.68. The topological polar surface area (TPSA) is 152 Å². The average molecular weight is 765 g/mol. The van der Waals surface area contributed by atoms with Crippen molar-refractivity contribution in [3.8, 4) is 69.0 Å². The molecule has 4 aromatic carbocycles. The van der Waals surface area contributed by atoms with E-state index in [9.17, 15) is 4.79 Å². The summed E-state index contributed by atoms with van der Waals surface area (Å²) in [4.78, 5) is 19.6. The van der Waals surface area contributed by atoms with E-state index in [1.807, 2.05) is 0 Å². The first-order chi connectivity index (χ1) is 26.6. The first-order valence-electron chi connectivity index (χ1n) is 16.7. The van der Waals surface area contributed by atoms with Gasteiger partial charge >= 0.3 is 0 Å². The fraction of sp³-hybridized carbons (Fsp3) is 0.350. The normalized spacial score (nSPS) is 11.9. The summed E-state index contributed by atoms with van der Waals surface area (Å²) in [5.74, 6) is 3.81. The lowest BCUT2D eigenvalue weighted by molar-refractivity contribution is 0.0929. The van der Waals surface area contributed by atoms with Gasteiger partial charge in [0, 0.05) is 11.8 Å². The van der Waals surface area contributed by atoms with Gasteiger partial charge in [0.1, 0.15) is 0 Å². The Hall–Kier alpha value is -6.38. The zero-order chi connectivity index (χ0) is 40.2. The molecule has 0 spiro atoms. The Balaban J connectivity index is 2.07. The zero-order valence-electron chi connectivity index (χ0n) is 33.1. The average Bonchev–Trinajstić information content (AvgIpc) is 3.23. The van der Waals surface area contributed by atoms with E-state index in [1.165, 1.54) is 85.3 Å². The van der Waals surface area contributed by atoms with Crippen LogP contribution in [0.5, 0.6) is 69.0 Å². The van der Waals surface area contributed by atoms with Gasteiger partial charge < -0.3 is 62.2 Å². The second-order valence-corrected chi connectivity index (χ2v) is 11.5. The van der Waals surface area contributed by atoms with Crippen LogP contribution in [0.4, 0.5) is 0 Å². The molecule has 0 aliphatic heterocycles. The van der Waals surface area contributed by atoms with Gasteiger partial charge in [-0.15, -0.1) is 0 Å². The Bertz CT molecular complexity index is 1880. The van der Waals surface area contributed by atoms with Crippen LogP contribution in [0.3, 0.4) is 0 Å². The molecule has 0 aliphatic carbocycles. The summed E-state index contributed by atoms with van der Waals surface area (Å²) in [5, 5.41) is 3.19. The van der Waals surface area contributed by atoms with E-state index in [2.05, 4.69) is 5.32 Å². The number of rotatable bonds is 19. The van der Waals surface area contributed by atoms with Crippen LogP contribution in [0.1, 0.15) is 39.1 Å². The number of methoxy groups -OCH3 is 12. The highest BCUT2D eigenvalue weighted by Crippen LogP contribution is 2.47. The standard InChI is InChI=1S/C40H48N2O13/c1-44-26-13-22(14-27(45-2)36(26)52-9)21-41-34(23-15-28(46-3)37(53-10)29(16-23)47-4)35(24-17-30(48-5)38(54-11)31(18-24)49-6)42-40(43)25-19-32(50-7)39(55-12)33(20-25)51-8/h13-21,34-35H,1-12H3,(H,42,43)/t34-,35+/m0/s1. The van der Waals surface area contributed by atoms with E-state index in [0.29, 0.717) is 74.2 Å². The van der Waals surface area contributed by atoms with Crippen LogP contribution in [0.2, 0.25) is 0 Å². The number of hydrogen-bond donors (Lipinski definition) is 1. The minimum absolute atomic E-state index is 0.212. The molecule has 4 aromatic rings. The molecule has 0 heterocycles. The summed E-state index contributed by atoms with van der Waals surface area (Å²) in [5.41, 5.74) is 1.92. The van der Waals surface area contributed by atoms with E-state index >= 15 is 0 Å². The van der Waals surface area contributed by atoms with Gasteiger partial charge in [-0.05, 0) is 65.2 Å². The largest absolute Gasteiger partial charge is 0.493 e. The van der Waals surface area contributed by atoms with Gasteiger partial charge in [0.25, 0.3) is 5.91 Å². The lowest BCUT2D eigenvalue weighted by Crippen LogP contribution is -2.32. The predicted octanol–water partition coefficient (Wildman–Crippen LogP) is 6.12. The number of nitrogens with one attached hydrogen (secondary N) is 1. The highest BCUT2D eigenvalue weighted by Gasteiger charge is 2.32. The molecule has 15 nitrogen and oxygen atoms in total. The smallest absolute Gasteiger partial charge is 0.252 e. The number of amides is 1. The number of benzene rings is 4. The lowest BCUT2D eigenvalue weighted by Gasteiger charge is -2.28. The number of carbonyl (C=O) groups excluding carboxylic acids is 1. The molecular formula is C40H48N2O13. The van der Waals surface area contributed by atoms with E-state index in [0.717, 1.165) is 0 Å². The van der Waals surface area contributed by atoms with Gasteiger partial charge in [-0.3, -0.25) is 9.79 Å². The van der Waals surface area contributed by atoms with Gasteiger partial charge in [-0.1, -0.05) is 0 Å². The van der Waals surface area contributed by atoms with Crippen LogP contribution in [0.15, 0.2) is 53.5 Å². The first-order valence-corrected chi connectivity index (χ1v) is 16.7. The van der Waals surface area contributed by atoms with Gasteiger partial charge in [-0.2, -0.15) is 0 Å². The third-order valence-electron chi connectivity index (χ3n) is 8.68. The van der Waals surface area contributed by atoms with E-state index in [4.69, 9.17) is 61.8 Å². The maximum Gasteiger partial charge on any atom is 0.252 e. The van der Waals surface area contributed by atoms with Gasteiger partial charge in [0.15, 0.2) is 46.0 Å². The number of hydrogen-bond acceptors (Lipinski definition) is 14. The quantitative estimate of drug-likeness (QED) is 0.109. The van der Waals surface area contributed by atoms with Crippen molar-refractivity contribution >= 4 is 12.1 Å². The maximum atomic E-state index is 14.5. The minimum atomic E-state index is -0.943. The minimum Gasteiger partial charge on any atom is -0.493 e. The number of nitrogens with zero attached hydrogens (tertiary/aromatic N) is 1. The monoisotopic (exact) mass is 764 g/mol. The summed E-state index contributed by atoms with van der Waals surface area (Å²) < 4.78 is 67.6. The molecule has 1 amide bonds. The van der Waals surface area contributed by atoms with Crippen molar-refractivity contribution < 1.29 is 61.6 Å². The second-order valence-electron chi connectivity index (χ2n) is 11.5. The molecule has 4 rings (SSSR count). The molecule has 0 bridgehead atoms. The first kappa shape index (κ1) is 41.4. The molecule has 0 fully saturated rings. The molecule has 0 aromatic heterocycles. The zero-order valence-corrected chi connectivity index (χ0v) is 33.1. The van der Waals surface area contributed by atoms with Crippen LogP contribution < -0.4 is 62.2 Å². The van der Waals surface area contributed by atoms with Crippen LogP contribution in [0, 0.1) is 0 Å². The Labute approximate surface area is 320 Å². The van der Waals surface area contributed by atoms with Crippen molar-refractivity contribution in [3.05, 3.63) is 70.8 Å². The van der Waals surface area contributed by atoms with E-state index in [1.54, 1.807) is 54.7 Å². The summed E-state index contributed by atoms with van der Waals surface area (Å²) in [6.45, 7) is 0. The lowest BCUT2D eigenvalue weighted by atomic mass is 9.92. The van der Waals surface area contributed by atoms with Crippen molar-refractivity contribution in [2.75, 3.05) is 85.3 Å². The van der Waals surface area contributed by atoms with Gasteiger partial charge in [0.05, 0.1) is 97.4 Å². The SMILES string of the molecule is COc1cc(C=N[C@@H](c2cc(OC)c(OC)c(OC)c2)[C@H](NC(=O)c2cc(OC)c(OC)c(OC)c2)c2cc(OC)c(OC)c(OC)c2)cc(OC)c1OC. The second kappa shape index (κ2) is 19.1. The third kappa shape index (κ3) is 8.72. The summed E-state index contributed by atoms with van der Waals surface area (Å²) in [6, 6.07) is 11.8. The molecule has 296 valence electrons. The number of aliphatic imine (C=N–C) groups is 1. The molecular weight excluding hydrogens is 716 g/mol. The Kier molecular flexibility index (Phi) is 14.4. The van der Waals surface area contributed by atoms with Crippen molar-refractivity contribution in [2.45, 2.75) is 12.1 Å². The summed E-state index contributed by atoms with van der Waals surface area (Å²) >= 11 is 0. The molecule has 0 saturated carbocycles. The fourth-order valence-electron chi connectivity index (χ4n) is 6.04. The van der Waals surface area contributed by atoms with Crippen LogP contribution in [-0.2, 0) is 0 Å². The Morgan fingerprint density at radius 3 is 1.09 bits per heavy atom. The Morgan fingerprint density at radius 2 is 0.764 bits per heavy atom. The van der Waals surface area contributed by atoms with Crippen molar-refractivity contribution in [3.63, 3.8) is 0 Å². The molecule has 0 aliphatic rings. The van der Waals surface area contributed by atoms with E-state index in [-0.39, 0.29) is 17.1 Å². The maximum absolute atomic E-state index is 14.5. The summed E-state index contributed by atoms with van der Waals surface area (Å²) in [6.07, 6.45) is 1.63. The van der Waals surface area contributed by atoms with Crippen molar-refractivity contribution in [1.29, 1.82) is 0 Å². The van der Waals surface area contributed by atoms with Gasteiger partial charge in [-0.25, -0.2) is 0 Å². The van der Waals surface area contributed by atoms with Gasteiger partial charge in [0.2, 0.25) is 23.0 Å². The molecule has 55 heavy (non-hydrogen) atoms. The number of carbonyl (C=O) groups is 1. The molecule has 1 N–H and O–H groups in total. The van der Waals surface area contributed by atoms with Crippen molar-refractivity contribution in [1.82, 2.24) is 5.32 Å². The molecule has 2 atom stereocenters. The van der Waals surface area contributed by atoms with Crippen molar-refractivity contribution in [2.24, 2.45) is 4.99 Å². The number of ether oxygens (including phenoxy) is 12. The highest BCUT2D eigenvalue weighted by atomic mass is 16.5. The Morgan fingerprint density at radius 1 is 0.455 bits per heavy atom. The highest BCUT2D eigenvalue weighted by molar-refractivity contribution is 5.96. The molecule has 15 heteroatoms. The van der Waals surface area contributed by atoms with Crippen LogP contribution in [0.25, 0.3) is 0 Å². The van der Waals surface area contributed by atoms with E-state index < -0.39 is 18.0 Å². The fourth-order valence-corrected chi connectivity index (χ4v) is 6.04. The predicted molar refractivity (Wildman–Crippen MR) is 205 cm³/mol. The van der Waals surface area contributed by atoms with Crippen LogP contribution >= 0.6 is 0 Å². The molecule has 0 radical (unpaired) electrons. The molecule has 0 unspecified atom stereocenters.